The van der Waals surface area contributed by atoms with E-state index in [9.17, 15) is 0 Å². The molecule has 0 radical (unpaired) electrons. The van der Waals surface area contributed by atoms with Gasteiger partial charge in [-0.2, -0.15) is 0 Å². The number of para-hydroxylation sites is 5. The molecule has 3 nitrogen and oxygen atoms in total. The zero-order valence-electron chi connectivity index (χ0n) is 35.7. The third-order valence-electron chi connectivity index (χ3n) is 13.6. The van der Waals surface area contributed by atoms with Gasteiger partial charge >= 0.3 is 0 Å². The average molecular weight is 859 g/mol. The van der Waals surface area contributed by atoms with Crippen LogP contribution in [0.15, 0.2) is 235 Å². The maximum atomic E-state index is 6.98. The van der Waals surface area contributed by atoms with Crippen LogP contribution in [-0.4, -0.2) is 4.57 Å². The van der Waals surface area contributed by atoms with E-state index in [1.54, 1.807) is 0 Å². The molecule has 3 aromatic heterocycles. The summed E-state index contributed by atoms with van der Waals surface area (Å²) in [6.07, 6.45) is 0. The monoisotopic (exact) mass is 858 g/mol. The Bertz CT molecular complexity index is 4210. The van der Waals surface area contributed by atoms with Crippen molar-refractivity contribution in [3.05, 3.63) is 231 Å². The van der Waals surface area contributed by atoms with Crippen LogP contribution in [0.1, 0.15) is 0 Å². The number of aromatic nitrogens is 1. The lowest BCUT2D eigenvalue weighted by Gasteiger charge is -2.30. The zero-order chi connectivity index (χ0) is 43.3. The lowest BCUT2D eigenvalue weighted by molar-refractivity contribution is 0.670. The smallest absolute Gasteiger partial charge is 0.143 e. The Kier molecular flexibility index (Phi) is 8.15. The van der Waals surface area contributed by atoms with E-state index in [0.717, 1.165) is 72.4 Å². The van der Waals surface area contributed by atoms with E-state index < -0.39 is 0 Å². The standard InChI is InChI=1S/C62H38N2OS/c1-2-17-42-39(16-1)32-34-48-44(42)24-15-29-55(48)63(54-25-9-3-18-43(54)40-33-35-61-51(36-40)50-23-8-14-31-60(50)66-61)41-37-52(62-53(38-41)49-22-7-13-30-59(49)65-62)47-21-6-12-28-58(47)64-56-26-10-4-19-45(56)46-20-5-11-27-57(46)64/h1-38H. The molecule has 0 aliphatic carbocycles. The predicted octanol–water partition coefficient (Wildman–Crippen LogP) is 18.2. The molecule has 4 heteroatoms. The first-order valence-electron chi connectivity index (χ1n) is 22.5. The van der Waals surface area contributed by atoms with Crippen LogP contribution >= 0.6 is 11.3 Å². The first-order valence-corrected chi connectivity index (χ1v) is 23.3. The number of furan rings is 1. The Hall–Kier alpha value is -8.44. The minimum atomic E-state index is 0.861. The molecule has 0 spiro atoms. The van der Waals surface area contributed by atoms with Crippen molar-refractivity contribution in [2.75, 3.05) is 4.90 Å². The van der Waals surface area contributed by atoms with Gasteiger partial charge in [0.1, 0.15) is 11.2 Å². The van der Waals surface area contributed by atoms with Crippen molar-refractivity contribution < 1.29 is 4.42 Å². The number of fused-ring (bicyclic) bond motifs is 12. The molecule has 0 bridgehead atoms. The van der Waals surface area contributed by atoms with Crippen molar-refractivity contribution in [1.29, 1.82) is 0 Å². The van der Waals surface area contributed by atoms with Gasteiger partial charge in [-0.1, -0.05) is 164 Å². The van der Waals surface area contributed by atoms with Crippen LogP contribution in [0.2, 0.25) is 0 Å². The van der Waals surface area contributed by atoms with Crippen LogP contribution in [0.3, 0.4) is 0 Å². The van der Waals surface area contributed by atoms with Gasteiger partial charge in [0.05, 0.1) is 28.1 Å². The third kappa shape index (κ3) is 5.55. The van der Waals surface area contributed by atoms with Gasteiger partial charge in [0.2, 0.25) is 0 Å². The Balaban J connectivity index is 1.09. The van der Waals surface area contributed by atoms with E-state index in [1.807, 2.05) is 11.3 Å². The number of thiophene rings is 1. The minimum Gasteiger partial charge on any atom is -0.455 e. The largest absolute Gasteiger partial charge is 0.455 e. The quantitative estimate of drug-likeness (QED) is 0.155. The fourth-order valence-electron chi connectivity index (χ4n) is 10.7. The summed E-state index contributed by atoms with van der Waals surface area (Å²) in [4.78, 5) is 2.50. The van der Waals surface area contributed by atoms with Crippen LogP contribution in [0.5, 0.6) is 0 Å². The molecule has 66 heavy (non-hydrogen) atoms. The molecule has 308 valence electrons. The van der Waals surface area contributed by atoms with Gasteiger partial charge in [-0.05, 0) is 88.5 Å². The van der Waals surface area contributed by atoms with Gasteiger partial charge in [-0.15, -0.1) is 11.3 Å². The van der Waals surface area contributed by atoms with E-state index in [1.165, 1.54) is 58.1 Å². The summed E-state index contributed by atoms with van der Waals surface area (Å²) in [6.45, 7) is 0. The minimum absolute atomic E-state index is 0.861. The van der Waals surface area contributed by atoms with E-state index in [4.69, 9.17) is 4.42 Å². The normalized spacial score (nSPS) is 11.9. The second-order valence-electron chi connectivity index (χ2n) is 17.2. The summed E-state index contributed by atoms with van der Waals surface area (Å²) in [5.74, 6) is 0. The van der Waals surface area contributed by atoms with Crippen molar-refractivity contribution in [3.8, 4) is 27.9 Å². The highest BCUT2D eigenvalue weighted by atomic mass is 32.1. The fraction of sp³-hybridized carbons (Fsp3) is 0. The molecule has 0 aliphatic heterocycles. The van der Waals surface area contributed by atoms with Gasteiger partial charge < -0.3 is 13.9 Å². The van der Waals surface area contributed by atoms with Gasteiger partial charge in [0.25, 0.3) is 0 Å². The summed E-state index contributed by atoms with van der Waals surface area (Å²) >= 11 is 1.85. The first-order chi connectivity index (χ1) is 32.7. The number of nitrogens with zero attached hydrogens (tertiary/aromatic N) is 2. The van der Waals surface area contributed by atoms with Gasteiger partial charge in [-0.3, -0.25) is 0 Å². The van der Waals surface area contributed by atoms with E-state index >= 15 is 0 Å². The summed E-state index contributed by atoms with van der Waals surface area (Å²) in [5.41, 5.74) is 12.8. The molecule has 3 heterocycles. The second kappa shape index (κ2) is 14.5. The lowest BCUT2D eigenvalue weighted by Crippen LogP contribution is -2.12. The van der Waals surface area contributed by atoms with Crippen LogP contribution in [0, 0.1) is 0 Å². The van der Waals surface area contributed by atoms with Crippen LogP contribution in [0.4, 0.5) is 17.1 Å². The van der Waals surface area contributed by atoms with E-state index in [0.29, 0.717) is 0 Å². The third-order valence-corrected chi connectivity index (χ3v) is 14.7. The van der Waals surface area contributed by atoms with E-state index in [2.05, 4.69) is 240 Å². The fourth-order valence-corrected chi connectivity index (χ4v) is 11.7. The van der Waals surface area contributed by atoms with Crippen LogP contribution < -0.4 is 4.90 Å². The SMILES string of the molecule is c1ccc(N(c2cc(-c3ccccc3-n3c4ccccc4c4ccccc43)c3oc4ccccc4c3c2)c2cccc3c2ccc2ccccc23)c(-c2ccc3sc4ccccc4c3c2)c1. The molecule has 0 N–H and O–H groups in total. The van der Waals surface area contributed by atoms with Crippen molar-refractivity contribution in [1.82, 2.24) is 4.57 Å². The van der Waals surface area contributed by atoms with Crippen molar-refractivity contribution in [2.45, 2.75) is 0 Å². The molecule has 0 aliphatic rings. The molecule has 14 rings (SSSR count). The summed E-state index contributed by atoms with van der Waals surface area (Å²) in [7, 11) is 0. The summed E-state index contributed by atoms with van der Waals surface area (Å²) < 4.78 is 12.0. The van der Waals surface area contributed by atoms with Crippen molar-refractivity contribution >= 4 is 114 Å². The molecular weight excluding hydrogens is 821 g/mol. The molecule has 0 amide bonds. The van der Waals surface area contributed by atoms with Crippen LogP contribution in [0.25, 0.3) is 113 Å². The maximum absolute atomic E-state index is 6.98. The number of anilines is 3. The Morgan fingerprint density at radius 1 is 0.364 bits per heavy atom. The number of rotatable bonds is 6. The highest BCUT2D eigenvalue weighted by molar-refractivity contribution is 7.25. The first kappa shape index (κ1) is 37.0. The number of hydrogen-bond acceptors (Lipinski definition) is 3. The second-order valence-corrected chi connectivity index (χ2v) is 18.3. The average Bonchev–Trinajstić information content (AvgIpc) is 4.06. The Morgan fingerprint density at radius 3 is 1.85 bits per heavy atom. The summed E-state index contributed by atoms with van der Waals surface area (Å²) in [5, 5.41) is 12.0. The number of benzene rings is 11. The van der Waals surface area contributed by atoms with Crippen LogP contribution in [-0.2, 0) is 0 Å². The molecule has 0 saturated heterocycles. The summed E-state index contributed by atoms with van der Waals surface area (Å²) in [6, 6.07) is 84.2. The van der Waals surface area contributed by atoms with Crippen molar-refractivity contribution in [3.63, 3.8) is 0 Å². The maximum Gasteiger partial charge on any atom is 0.143 e. The Morgan fingerprint density at radius 2 is 1.00 bits per heavy atom. The molecule has 0 atom stereocenters. The highest BCUT2D eigenvalue weighted by Gasteiger charge is 2.25. The molecule has 0 fully saturated rings. The predicted molar refractivity (Wildman–Crippen MR) is 282 cm³/mol. The van der Waals surface area contributed by atoms with Gasteiger partial charge in [0, 0.05) is 69.5 Å². The molecule has 0 saturated carbocycles. The zero-order valence-corrected chi connectivity index (χ0v) is 36.5. The van der Waals surface area contributed by atoms with Crippen molar-refractivity contribution in [2.24, 2.45) is 0 Å². The molecule has 11 aromatic carbocycles. The molecule has 0 unspecified atom stereocenters. The topological polar surface area (TPSA) is 21.3 Å². The van der Waals surface area contributed by atoms with Gasteiger partial charge in [-0.25, -0.2) is 0 Å². The molecule has 14 aromatic rings. The number of hydrogen-bond donors (Lipinski definition) is 0. The highest BCUT2D eigenvalue weighted by Crippen LogP contribution is 2.49. The van der Waals surface area contributed by atoms with E-state index in [-0.39, 0.29) is 0 Å². The Labute approximate surface area is 384 Å². The lowest BCUT2D eigenvalue weighted by atomic mass is 9.96. The van der Waals surface area contributed by atoms with Gasteiger partial charge in [0.15, 0.2) is 0 Å². The molecular formula is C62H38N2OS.